The van der Waals surface area contributed by atoms with Crippen LogP contribution in [-0.4, -0.2) is 0 Å². The molecule has 0 aliphatic carbocycles. The van der Waals surface area contributed by atoms with Crippen LogP contribution in [-0.2, 0) is 0 Å². The first-order chi connectivity index (χ1) is 5.99. The summed E-state index contributed by atoms with van der Waals surface area (Å²) >= 11 is 4.05. The monoisotopic (exact) mass is 196 g/mol. The van der Waals surface area contributed by atoms with Gasteiger partial charge in [-0.15, -0.1) is 0 Å². The fourth-order valence-electron chi connectivity index (χ4n) is 1.05. The highest BCUT2D eigenvalue weighted by Crippen LogP contribution is 2.20. The van der Waals surface area contributed by atoms with Crippen molar-refractivity contribution in [2.75, 3.05) is 0 Å². The number of rotatable bonds is 4. The van der Waals surface area contributed by atoms with Crippen LogP contribution in [0.3, 0.4) is 0 Å². The van der Waals surface area contributed by atoms with Crippen molar-refractivity contribution in [3.8, 4) is 0 Å². The van der Waals surface area contributed by atoms with Gasteiger partial charge in [-0.3, -0.25) is 0 Å². The standard InChI is InChI=1S/C12H20S/c1-9(2)11(4)8-12(5)10(3)6-7-13/h6-7,11,13H,1,8H2,2-5H3/b7-6-,12-10+. The van der Waals surface area contributed by atoms with E-state index in [0.717, 1.165) is 6.42 Å². The lowest BCUT2D eigenvalue weighted by Crippen LogP contribution is -1.97. The van der Waals surface area contributed by atoms with Gasteiger partial charge in [0.15, 0.2) is 0 Å². The average Bonchev–Trinajstić information content (AvgIpc) is 2.04. The second-order valence-corrected chi connectivity index (χ2v) is 4.03. The van der Waals surface area contributed by atoms with Crippen molar-refractivity contribution in [1.29, 1.82) is 0 Å². The Morgan fingerprint density at radius 2 is 1.92 bits per heavy atom. The number of allylic oxidation sites excluding steroid dienone is 4. The molecule has 0 fully saturated rings. The van der Waals surface area contributed by atoms with Crippen LogP contribution in [0.15, 0.2) is 34.8 Å². The summed E-state index contributed by atoms with van der Waals surface area (Å²) < 4.78 is 0. The molecule has 0 amide bonds. The van der Waals surface area contributed by atoms with E-state index in [-0.39, 0.29) is 0 Å². The van der Waals surface area contributed by atoms with Crippen molar-refractivity contribution in [3.63, 3.8) is 0 Å². The van der Waals surface area contributed by atoms with Crippen LogP contribution in [0.1, 0.15) is 34.1 Å². The molecule has 0 radical (unpaired) electrons. The molecular weight excluding hydrogens is 176 g/mol. The zero-order valence-electron chi connectivity index (χ0n) is 9.09. The van der Waals surface area contributed by atoms with E-state index in [1.165, 1.54) is 16.7 Å². The normalized spacial score (nSPS) is 15.8. The van der Waals surface area contributed by atoms with Crippen LogP contribution >= 0.6 is 12.6 Å². The summed E-state index contributed by atoms with van der Waals surface area (Å²) in [4.78, 5) is 0. The molecule has 0 aliphatic heterocycles. The van der Waals surface area contributed by atoms with Gasteiger partial charge in [0.05, 0.1) is 0 Å². The van der Waals surface area contributed by atoms with Gasteiger partial charge in [0.1, 0.15) is 0 Å². The second-order valence-electron chi connectivity index (χ2n) is 3.73. The number of thiol groups is 1. The van der Waals surface area contributed by atoms with Crippen molar-refractivity contribution in [2.24, 2.45) is 5.92 Å². The summed E-state index contributed by atoms with van der Waals surface area (Å²) in [6, 6.07) is 0. The highest BCUT2D eigenvalue weighted by atomic mass is 32.1. The van der Waals surface area contributed by atoms with E-state index in [2.05, 4.69) is 46.9 Å². The minimum absolute atomic E-state index is 0.572. The molecule has 0 saturated heterocycles. The fraction of sp³-hybridized carbons (Fsp3) is 0.500. The van der Waals surface area contributed by atoms with Crippen LogP contribution in [0.5, 0.6) is 0 Å². The second kappa shape index (κ2) is 6.09. The van der Waals surface area contributed by atoms with Crippen molar-refractivity contribution >= 4 is 12.6 Å². The molecule has 0 rings (SSSR count). The van der Waals surface area contributed by atoms with E-state index in [0.29, 0.717) is 5.92 Å². The maximum Gasteiger partial charge on any atom is -0.0200 e. The zero-order valence-corrected chi connectivity index (χ0v) is 9.99. The maximum absolute atomic E-state index is 4.05. The Morgan fingerprint density at radius 1 is 1.38 bits per heavy atom. The topological polar surface area (TPSA) is 0 Å². The lowest BCUT2D eigenvalue weighted by Gasteiger charge is -2.12. The third-order valence-electron chi connectivity index (χ3n) is 2.45. The highest BCUT2D eigenvalue weighted by Gasteiger charge is 2.04. The van der Waals surface area contributed by atoms with E-state index in [1.807, 2.05) is 6.08 Å². The minimum Gasteiger partial charge on any atom is -0.151 e. The fourth-order valence-corrected chi connectivity index (χ4v) is 1.27. The molecule has 1 atom stereocenters. The van der Waals surface area contributed by atoms with Gasteiger partial charge < -0.3 is 0 Å². The molecule has 0 saturated carbocycles. The third kappa shape index (κ3) is 4.99. The molecule has 0 N–H and O–H groups in total. The first kappa shape index (κ1) is 12.6. The summed E-state index contributed by atoms with van der Waals surface area (Å²) in [5, 5.41) is 1.78. The quantitative estimate of drug-likeness (QED) is 0.385. The summed E-state index contributed by atoms with van der Waals surface area (Å²) in [6.07, 6.45) is 3.13. The van der Waals surface area contributed by atoms with Crippen LogP contribution in [0.2, 0.25) is 0 Å². The Morgan fingerprint density at radius 3 is 2.31 bits per heavy atom. The summed E-state index contributed by atoms with van der Waals surface area (Å²) in [5.74, 6) is 0.572. The van der Waals surface area contributed by atoms with E-state index < -0.39 is 0 Å². The van der Waals surface area contributed by atoms with Crippen molar-refractivity contribution < 1.29 is 0 Å². The van der Waals surface area contributed by atoms with Gasteiger partial charge >= 0.3 is 0 Å². The molecule has 74 valence electrons. The average molecular weight is 196 g/mol. The van der Waals surface area contributed by atoms with Gasteiger partial charge in [0, 0.05) is 0 Å². The lowest BCUT2D eigenvalue weighted by molar-refractivity contribution is 0.671. The molecule has 1 unspecified atom stereocenters. The van der Waals surface area contributed by atoms with Crippen LogP contribution < -0.4 is 0 Å². The van der Waals surface area contributed by atoms with Crippen LogP contribution in [0.25, 0.3) is 0 Å². The largest absolute Gasteiger partial charge is 0.151 e. The number of hydrogen-bond donors (Lipinski definition) is 1. The molecule has 0 aliphatic rings. The predicted molar refractivity (Wildman–Crippen MR) is 65.1 cm³/mol. The van der Waals surface area contributed by atoms with Crippen LogP contribution in [0.4, 0.5) is 0 Å². The highest BCUT2D eigenvalue weighted by molar-refractivity contribution is 7.83. The Labute approximate surface area is 87.8 Å². The zero-order chi connectivity index (χ0) is 10.4. The molecule has 1 heteroatoms. The first-order valence-electron chi connectivity index (χ1n) is 4.61. The van der Waals surface area contributed by atoms with Gasteiger partial charge in [-0.1, -0.05) is 36.3 Å². The van der Waals surface area contributed by atoms with Gasteiger partial charge in [-0.2, -0.15) is 12.6 Å². The molecule has 0 aromatic heterocycles. The molecule has 0 heterocycles. The number of hydrogen-bond acceptors (Lipinski definition) is 1. The van der Waals surface area contributed by atoms with E-state index in [9.17, 15) is 0 Å². The van der Waals surface area contributed by atoms with Crippen molar-refractivity contribution in [1.82, 2.24) is 0 Å². The summed E-state index contributed by atoms with van der Waals surface area (Å²) in [6.45, 7) is 12.5. The van der Waals surface area contributed by atoms with Gasteiger partial charge in [-0.25, -0.2) is 0 Å². The Balaban J connectivity index is 4.36. The third-order valence-corrected chi connectivity index (χ3v) is 2.60. The van der Waals surface area contributed by atoms with Crippen molar-refractivity contribution in [2.45, 2.75) is 34.1 Å². The van der Waals surface area contributed by atoms with Crippen LogP contribution in [0, 0.1) is 5.92 Å². The van der Waals surface area contributed by atoms with Gasteiger partial charge in [0.25, 0.3) is 0 Å². The van der Waals surface area contributed by atoms with E-state index >= 15 is 0 Å². The molecule has 0 nitrogen and oxygen atoms in total. The Hall–Kier alpha value is -0.430. The van der Waals surface area contributed by atoms with E-state index in [1.54, 1.807) is 5.41 Å². The maximum atomic E-state index is 4.05. The lowest BCUT2D eigenvalue weighted by atomic mass is 9.94. The van der Waals surface area contributed by atoms with E-state index in [4.69, 9.17) is 0 Å². The SMILES string of the molecule is C=C(C)C(C)C/C(C)=C(C)/C=C\S. The molecule has 13 heavy (non-hydrogen) atoms. The first-order valence-corrected chi connectivity index (χ1v) is 5.13. The molecule has 0 aromatic rings. The molecule has 0 spiro atoms. The minimum atomic E-state index is 0.572. The molecule has 0 aromatic carbocycles. The smallest absolute Gasteiger partial charge is 0.0200 e. The van der Waals surface area contributed by atoms with Gasteiger partial charge in [-0.05, 0) is 38.5 Å². The van der Waals surface area contributed by atoms with Gasteiger partial charge in [0.2, 0.25) is 0 Å². The Kier molecular flexibility index (Phi) is 5.89. The summed E-state index contributed by atoms with van der Waals surface area (Å²) in [5.41, 5.74) is 3.98. The summed E-state index contributed by atoms with van der Waals surface area (Å²) in [7, 11) is 0. The molecule has 0 bridgehead atoms. The Bertz CT molecular complexity index is 234. The van der Waals surface area contributed by atoms with Crippen molar-refractivity contribution in [3.05, 3.63) is 34.8 Å². The molecular formula is C12H20S. The predicted octanol–water partition coefficient (Wildman–Crippen LogP) is 4.37.